The number of hydrogen-bond acceptors (Lipinski definition) is 5. The van der Waals surface area contributed by atoms with Gasteiger partial charge < -0.3 is 19.7 Å². The van der Waals surface area contributed by atoms with Gasteiger partial charge in [0.15, 0.2) is 0 Å². The van der Waals surface area contributed by atoms with E-state index >= 15 is 0 Å². The van der Waals surface area contributed by atoms with Gasteiger partial charge in [0.2, 0.25) is 11.2 Å². The lowest BCUT2D eigenvalue weighted by Gasteiger charge is -2.15. The van der Waals surface area contributed by atoms with Gasteiger partial charge in [0.05, 0.1) is 18.1 Å². The minimum Gasteiger partial charge on any atom is -0.394 e. The number of nitrogens with one attached hydrogen (secondary N) is 1. The average Bonchev–Trinajstić information content (AvgIpc) is 3.50. The van der Waals surface area contributed by atoms with Crippen molar-refractivity contribution in [2.45, 2.75) is 109 Å². The van der Waals surface area contributed by atoms with E-state index in [2.05, 4.69) is 35.1 Å². The quantitative estimate of drug-likeness (QED) is 0.161. The highest BCUT2D eigenvalue weighted by molar-refractivity contribution is 6.28. The van der Waals surface area contributed by atoms with Gasteiger partial charge in [-0.3, -0.25) is 4.79 Å². The zero-order chi connectivity index (χ0) is 25.5. The number of hydrogen-bond donors (Lipinski definition) is 2. The Hall–Kier alpha value is -2.14. The molecule has 0 aliphatic carbocycles. The second kappa shape index (κ2) is 16.5. The number of fused-ring (bicyclic) bond motifs is 1. The fourth-order valence-corrected chi connectivity index (χ4v) is 4.67. The summed E-state index contributed by atoms with van der Waals surface area (Å²) in [4.78, 5) is 21.1. The van der Waals surface area contributed by atoms with Gasteiger partial charge in [-0.2, -0.15) is 9.97 Å². The van der Waals surface area contributed by atoms with Crippen molar-refractivity contribution < 1.29 is 14.6 Å². The van der Waals surface area contributed by atoms with E-state index in [0.717, 1.165) is 31.1 Å². The highest BCUT2D eigenvalue weighted by atomic mass is 35.5. The Bertz CT molecular complexity index is 914. The second-order valence-corrected chi connectivity index (χ2v) is 9.45. The average molecular weight is 505 g/mol. The molecule has 2 atom stereocenters. The molecule has 35 heavy (non-hydrogen) atoms. The van der Waals surface area contributed by atoms with E-state index in [-0.39, 0.29) is 30.1 Å². The summed E-state index contributed by atoms with van der Waals surface area (Å²) in [5, 5.41) is 13.1. The zero-order valence-electron chi connectivity index (χ0n) is 21.1. The minimum absolute atomic E-state index is 0.00575. The highest BCUT2D eigenvalue weighted by Crippen LogP contribution is 2.33. The van der Waals surface area contributed by atoms with Crippen LogP contribution in [0.15, 0.2) is 12.3 Å². The first-order valence-electron chi connectivity index (χ1n) is 13.1. The Morgan fingerprint density at radius 1 is 1.09 bits per heavy atom. The molecule has 0 spiro atoms. The predicted molar refractivity (Wildman–Crippen MR) is 142 cm³/mol. The van der Waals surface area contributed by atoms with E-state index in [1.165, 1.54) is 57.8 Å². The van der Waals surface area contributed by atoms with Crippen molar-refractivity contribution in [2.24, 2.45) is 0 Å². The number of carbonyl (C=O) groups is 1. The summed E-state index contributed by atoms with van der Waals surface area (Å²) in [6.07, 6.45) is 25.4. The van der Waals surface area contributed by atoms with Crippen molar-refractivity contribution in [3.8, 4) is 12.8 Å². The third-order valence-corrected chi connectivity index (χ3v) is 6.58. The molecule has 2 aromatic rings. The Morgan fingerprint density at radius 2 is 1.71 bits per heavy atom. The number of rotatable bonds is 15. The maximum atomic E-state index is 12.5. The SMILES string of the molecule is C#C.CCCCCCCCCCCCCC(=O)Nc1nc(Cl)nc2c1ccn2C1CCC(CO)O1. The monoisotopic (exact) mass is 504 g/mol. The molecule has 1 aliphatic rings. The molecule has 0 radical (unpaired) electrons. The molecule has 1 aliphatic heterocycles. The number of aliphatic hydroxyl groups is 1. The molecule has 8 heteroatoms. The van der Waals surface area contributed by atoms with Crippen molar-refractivity contribution in [3.63, 3.8) is 0 Å². The molecule has 0 saturated carbocycles. The largest absolute Gasteiger partial charge is 0.394 e. The summed E-state index contributed by atoms with van der Waals surface area (Å²) < 4.78 is 7.77. The Kier molecular flexibility index (Phi) is 13.7. The van der Waals surface area contributed by atoms with Crippen molar-refractivity contribution in [3.05, 3.63) is 17.5 Å². The van der Waals surface area contributed by atoms with Crippen LogP contribution in [0.1, 0.15) is 103 Å². The van der Waals surface area contributed by atoms with E-state index in [0.29, 0.717) is 17.9 Å². The number of amides is 1. The van der Waals surface area contributed by atoms with Crippen LogP contribution in [-0.4, -0.2) is 38.3 Å². The summed E-state index contributed by atoms with van der Waals surface area (Å²) >= 11 is 6.15. The fourth-order valence-electron chi connectivity index (χ4n) is 4.50. The first-order chi connectivity index (χ1) is 17.1. The third kappa shape index (κ3) is 9.44. The number of unbranched alkanes of at least 4 members (excludes halogenated alkanes) is 10. The van der Waals surface area contributed by atoms with E-state index in [1.807, 2.05) is 16.8 Å². The normalized spacial score (nSPS) is 17.3. The topological polar surface area (TPSA) is 89.3 Å². The fraction of sp³-hybridized carbons (Fsp3) is 0.667. The number of carbonyl (C=O) groups excluding carboxylic acids is 1. The lowest BCUT2D eigenvalue weighted by molar-refractivity contribution is -0.116. The molecule has 1 amide bonds. The van der Waals surface area contributed by atoms with Crippen molar-refractivity contribution in [1.29, 1.82) is 0 Å². The van der Waals surface area contributed by atoms with Gasteiger partial charge in [0, 0.05) is 12.6 Å². The van der Waals surface area contributed by atoms with Crippen LogP contribution in [-0.2, 0) is 9.53 Å². The van der Waals surface area contributed by atoms with E-state index < -0.39 is 0 Å². The number of aromatic nitrogens is 3. The van der Waals surface area contributed by atoms with Gasteiger partial charge in [-0.1, -0.05) is 71.1 Å². The molecule has 3 rings (SSSR count). The first kappa shape index (κ1) is 29.1. The number of anilines is 1. The predicted octanol–water partition coefficient (Wildman–Crippen LogP) is 6.64. The van der Waals surface area contributed by atoms with Gasteiger partial charge in [-0.25, -0.2) is 0 Å². The van der Waals surface area contributed by atoms with Gasteiger partial charge in [0.1, 0.15) is 17.7 Å². The molecular formula is C27H41ClN4O3. The summed E-state index contributed by atoms with van der Waals surface area (Å²) in [6, 6.07) is 1.87. The number of terminal acetylenes is 1. The van der Waals surface area contributed by atoms with Crippen LogP contribution in [0.2, 0.25) is 5.28 Å². The number of halogens is 1. The van der Waals surface area contributed by atoms with E-state index in [1.54, 1.807) is 0 Å². The summed E-state index contributed by atoms with van der Waals surface area (Å²) in [5.41, 5.74) is 0.628. The van der Waals surface area contributed by atoms with Gasteiger partial charge in [-0.15, -0.1) is 12.8 Å². The van der Waals surface area contributed by atoms with Gasteiger partial charge in [0.25, 0.3) is 0 Å². The molecule has 0 bridgehead atoms. The Morgan fingerprint density at radius 3 is 2.31 bits per heavy atom. The summed E-state index contributed by atoms with van der Waals surface area (Å²) in [6.45, 7) is 2.26. The van der Waals surface area contributed by atoms with Gasteiger partial charge in [-0.05, 0) is 36.9 Å². The number of nitrogens with zero attached hydrogens (tertiary/aromatic N) is 3. The van der Waals surface area contributed by atoms with Crippen LogP contribution in [0.3, 0.4) is 0 Å². The van der Waals surface area contributed by atoms with Crippen LogP contribution < -0.4 is 5.32 Å². The molecular weight excluding hydrogens is 464 g/mol. The lowest BCUT2D eigenvalue weighted by Crippen LogP contribution is -2.15. The Labute approximate surface area is 215 Å². The van der Waals surface area contributed by atoms with E-state index in [9.17, 15) is 9.90 Å². The molecule has 1 saturated heterocycles. The molecule has 0 aromatic carbocycles. The maximum absolute atomic E-state index is 12.5. The molecule has 2 aromatic heterocycles. The molecule has 2 unspecified atom stereocenters. The van der Waals surface area contributed by atoms with Crippen LogP contribution in [0, 0.1) is 12.8 Å². The Balaban J connectivity index is 0.00000210. The third-order valence-electron chi connectivity index (χ3n) is 6.41. The van der Waals surface area contributed by atoms with Crippen LogP contribution in [0.4, 0.5) is 5.82 Å². The lowest BCUT2D eigenvalue weighted by atomic mass is 10.1. The summed E-state index contributed by atoms with van der Waals surface area (Å²) in [7, 11) is 0. The smallest absolute Gasteiger partial charge is 0.226 e. The van der Waals surface area contributed by atoms with Crippen molar-refractivity contribution in [1.82, 2.24) is 14.5 Å². The molecule has 3 heterocycles. The van der Waals surface area contributed by atoms with Crippen molar-refractivity contribution >= 4 is 34.4 Å². The molecule has 194 valence electrons. The van der Waals surface area contributed by atoms with Crippen LogP contribution in [0.5, 0.6) is 0 Å². The van der Waals surface area contributed by atoms with Crippen LogP contribution >= 0.6 is 11.6 Å². The molecule has 2 N–H and O–H groups in total. The standard InChI is InChI=1S/C25H39ClN4O3.C2H2/c1-2-3-4-5-6-7-8-9-10-11-12-13-21(32)27-23-20-16-17-30(24(20)29-25(26)28-23)22-15-14-19(18-31)33-22;1-2/h16-17,19,22,31H,2-15,18H2,1H3,(H,27,28,29,32);1-2H. The molecule has 1 fully saturated rings. The second-order valence-electron chi connectivity index (χ2n) is 9.11. The minimum atomic E-state index is -0.203. The van der Waals surface area contributed by atoms with Crippen molar-refractivity contribution in [2.75, 3.05) is 11.9 Å². The van der Waals surface area contributed by atoms with E-state index in [4.69, 9.17) is 16.3 Å². The maximum Gasteiger partial charge on any atom is 0.226 e. The molecule has 7 nitrogen and oxygen atoms in total. The highest BCUT2D eigenvalue weighted by Gasteiger charge is 2.27. The number of ether oxygens (including phenoxy) is 1. The number of aliphatic hydroxyl groups excluding tert-OH is 1. The summed E-state index contributed by atoms with van der Waals surface area (Å²) in [5.74, 6) is 0.390. The van der Waals surface area contributed by atoms with Gasteiger partial charge >= 0.3 is 0 Å². The van der Waals surface area contributed by atoms with Crippen LogP contribution in [0.25, 0.3) is 11.0 Å². The first-order valence-corrected chi connectivity index (χ1v) is 13.4. The zero-order valence-corrected chi connectivity index (χ0v) is 21.8.